The number of nitrogens with two attached hydrogens (primary N) is 1. The molecule has 0 unspecified atom stereocenters. The lowest BCUT2D eigenvalue weighted by atomic mass is 10.0. The minimum atomic E-state index is -0.483. The molecular formula is C16H24ClN3O2. The van der Waals surface area contributed by atoms with Gasteiger partial charge in [0.15, 0.2) is 0 Å². The molecule has 22 heavy (non-hydrogen) atoms. The fourth-order valence-corrected chi connectivity index (χ4v) is 2.09. The fourth-order valence-electron chi connectivity index (χ4n) is 1.96. The average Bonchev–Trinajstić information content (AvgIpc) is 2.45. The maximum absolute atomic E-state index is 11.7. The van der Waals surface area contributed by atoms with E-state index in [9.17, 15) is 9.59 Å². The second-order valence-corrected chi connectivity index (χ2v) is 6.12. The van der Waals surface area contributed by atoms with E-state index in [1.165, 1.54) is 0 Å². The molecule has 1 atom stereocenters. The summed E-state index contributed by atoms with van der Waals surface area (Å²) in [7, 11) is 0. The van der Waals surface area contributed by atoms with Gasteiger partial charge in [-0.15, -0.1) is 0 Å². The van der Waals surface area contributed by atoms with Crippen LogP contribution in [0.1, 0.15) is 33.1 Å². The number of rotatable bonds is 8. The van der Waals surface area contributed by atoms with Crippen LogP contribution in [0.15, 0.2) is 24.3 Å². The highest BCUT2D eigenvalue weighted by Crippen LogP contribution is 2.13. The predicted octanol–water partition coefficient (Wildman–Crippen LogP) is 2.55. The van der Waals surface area contributed by atoms with Crippen LogP contribution in [0, 0.1) is 5.92 Å². The molecule has 1 aromatic rings. The Kier molecular flexibility index (Phi) is 7.91. The van der Waals surface area contributed by atoms with Crippen LogP contribution in [0.3, 0.4) is 0 Å². The Balaban J connectivity index is 2.20. The average molecular weight is 326 g/mol. The van der Waals surface area contributed by atoms with Crippen molar-refractivity contribution in [3.05, 3.63) is 29.3 Å². The maximum atomic E-state index is 11.7. The van der Waals surface area contributed by atoms with Gasteiger partial charge in [-0.25, -0.2) is 0 Å². The van der Waals surface area contributed by atoms with Gasteiger partial charge >= 0.3 is 0 Å². The lowest BCUT2D eigenvalue weighted by molar-refractivity contribution is -0.123. The number of carbonyl (C=O) groups excluding carboxylic acids is 2. The third kappa shape index (κ3) is 7.43. The second kappa shape index (κ2) is 9.43. The molecule has 0 aromatic heterocycles. The topological polar surface area (TPSA) is 84.2 Å². The molecule has 0 heterocycles. The number of benzene rings is 1. The molecular weight excluding hydrogens is 302 g/mol. The molecule has 0 bridgehead atoms. The third-order valence-electron chi connectivity index (χ3n) is 3.07. The maximum Gasteiger partial charge on any atom is 0.236 e. The SMILES string of the molecule is CC(C)C[C@H](N)C(=O)NCCCC(=O)Nc1ccc(Cl)cc1. The number of carbonyl (C=O) groups is 2. The Morgan fingerprint density at radius 2 is 1.86 bits per heavy atom. The summed E-state index contributed by atoms with van der Waals surface area (Å²) in [6.45, 7) is 4.49. The van der Waals surface area contributed by atoms with E-state index in [-0.39, 0.29) is 11.8 Å². The van der Waals surface area contributed by atoms with E-state index < -0.39 is 6.04 Å². The minimum absolute atomic E-state index is 0.0944. The first kappa shape index (κ1) is 18.5. The third-order valence-corrected chi connectivity index (χ3v) is 3.32. The van der Waals surface area contributed by atoms with Crippen molar-refractivity contribution in [1.29, 1.82) is 0 Å². The van der Waals surface area contributed by atoms with Crippen LogP contribution in [-0.4, -0.2) is 24.4 Å². The van der Waals surface area contributed by atoms with Crippen LogP contribution in [0.5, 0.6) is 0 Å². The van der Waals surface area contributed by atoms with E-state index in [1.807, 2.05) is 13.8 Å². The van der Waals surface area contributed by atoms with Crippen LogP contribution >= 0.6 is 11.6 Å². The quantitative estimate of drug-likeness (QED) is 0.642. The second-order valence-electron chi connectivity index (χ2n) is 5.69. The molecule has 0 aliphatic heterocycles. The molecule has 0 saturated carbocycles. The highest BCUT2D eigenvalue weighted by molar-refractivity contribution is 6.30. The molecule has 0 spiro atoms. The Labute approximate surface area is 136 Å². The Hall–Kier alpha value is -1.59. The normalized spacial score (nSPS) is 12.0. The number of anilines is 1. The van der Waals surface area contributed by atoms with E-state index in [0.29, 0.717) is 42.4 Å². The van der Waals surface area contributed by atoms with E-state index in [1.54, 1.807) is 24.3 Å². The van der Waals surface area contributed by atoms with Crippen LogP contribution in [0.25, 0.3) is 0 Å². The van der Waals surface area contributed by atoms with Gasteiger partial charge in [-0.2, -0.15) is 0 Å². The van der Waals surface area contributed by atoms with Gasteiger partial charge in [0.05, 0.1) is 6.04 Å². The Bertz CT molecular complexity index is 489. The Morgan fingerprint density at radius 3 is 2.45 bits per heavy atom. The van der Waals surface area contributed by atoms with Crippen molar-refractivity contribution in [2.75, 3.05) is 11.9 Å². The molecule has 0 aliphatic rings. The monoisotopic (exact) mass is 325 g/mol. The zero-order chi connectivity index (χ0) is 16.5. The molecule has 122 valence electrons. The first-order valence-corrected chi connectivity index (χ1v) is 7.85. The highest BCUT2D eigenvalue weighted by Gasteiger charge is 2.14. The number of hydrogen-bond donors (Lipinski definition) is 3. The molecule has 1 rings (SSSR count). The summed E-state index contributed by atoms with van der Waals surface area (Å²) in [5, 5.41) is 6.15. The van der Waals surface area contributed by atoms with Crippen molar-refractivity contribution in [3.63, 3.8) is 0 Å². The van der Waals surface area contributed by atoms with Crippen LogP contribution in [0.2, 0.25) is 5.02 Å². The lowest BCUT2D eigenvalue weighted by Crippen LogP contribution is -2.41. The van der Waals surface area contributed by atoms with Gasteiger partial charge in [0.1, 0.15) is 0 Å². The fraction of sp³-hybridized carbons (Fsp3) is 0.500. The molecule has 1 aromatic carbocycles. The van der Waals surface area contributed by atoms with Gasteiger partial charge in [-0.05, 0) is 43.0 Å². The van der Waals surface area contributed by atoms with Crippen LogP contribution in [0.4, 0.5) is 5.69 Å². The molecule has 0 fully saturated rings. The van der Waals surface area contributed by atoms with E-state index in [0.717, 1.165) is 0 Å². The molecule has 4 N–H and O–H groups in total. The van der Waals surface area contributed by atoms with E-state index in [4.69, 9.17) is 17.3 Å². The van der Waals surface area contributed by atoms with Crippen molar-refractivity contribution in [1.82, 2.24) is 5.32 Å². The summed E-state index contributed by atoms with van der Waals surface area (Å²) >= 11 is 5.77. The first-order valence-electron chi connectivity index (χ1n) is 7.47. The van der Waals surface area contributed by atoms with Crippen molar-refractivity contribution >= 4 is 29.1 Å². The zero-order valence-electron chi connectivity index (χ0n) is 13.1. The number of nitrogens with one attached hydrogen (secondary N) is 2. The number of halogens is 1. The van der Waals surface area contributed by atoms with E-state index in [2.05, 4.69) is 10.6 Å². The van der Waals surface area contributed by atoms with Gasteiger partial charge in [0, 0.05) is 23.7 Å². The van der Waals surface area contributed by atoms with Crippen molar-refractivity contribution in [2.24, 2.45) is 11.7 Å². The van der Waals surface area contributed by atoms with Gasteiger partial charge in [-0.1, -0.05) is 25.4 Å². The molecule has 0 aliphatic carbocycles. The number of amides is 2. The standard InChI is InChI=1S/C16H24ClN3O2/c1-11(2)10-14(18)16(22)19-9-3-4-15(21)20-13-7-5-12(17)6-8-13/h5-8,11,14H,3-4,9-10,18H2,1-2H3,(H,19,22)(H,20,21)/t14-/m0/s1. The van der Waals surface area contributed by atoms with Gasteiger partial charge in [-0.3, -0.25) is 9.59 Å². The van der Waals surface area contributed by atoms with Crippen molar-refractivity contribution < 1.29 is 9.59 Å². The summed E-state index contributed by atoms with van der Waals surface area (Å²) < 4.78 is 0. The minimum Gasteiger partial charge on any atom is -0.355 e. The van der Waals surface area contributed by atoms with Gasteiger partial charge < -0.3 is 16.4 Å². The van der Waals surface area contributed by atoms with Gasteiger partial charge in [0.25, 0.3) is 0 Å². The van der Waals surface area contributed by atoms with Crippen molar-refractivity contribution in [3.8, 4) is 0 Å². The van der Waals surface area contributed by atoms with Crippen LogP contribution in [-0.2, 0) is 9.59 Å². The van der Waals surface area contributed by atoms with Crippen molar-refractivity contribution in [2.45, 2.75) is 39.2 Å². The summed E-state index contributed by atoms with van der Waals surface area (Å²) in [6, 6.07) is 6.43. The Morgan fingerprint density at radius 1 is 1.23 bits per heavy atom. The molecule has 6 heteroatoms. The summed E-state index contributed by atoms with van der Waals surface area (Å²) in [4.78, 5) is 23.4. The largest absolute Gasteiger partial charge is 0.355 e. The summed E-state index contributed by atoms with van der Waals surface area (Å²) in [5.74, 6) is 0.126. The number of hydrogen-bond acceptors (Lipinski definition) is 3. The lowest BCUT2D eigenvalue weighted by Gasteiger charge is -2.14. The first-order chi connectivity index (χ1) is 10.4. The smallest absolute Gasteiger partial charge is 0.236 e. The zero-order valence-corrected chi connectivity index (χ0v) is 13.8. The highest BCUT2D eigenvalue weighted by atomic mass is 35.5. The predicted molar refractivity (Wildman–Crippen MR) is 89.8 cm³/mol. The summed E-state index contributed by atoms with van der Waals surface area (Å²) in [5.41, 5.74) is 6.48. The van der Waals surface area contributed by atoms with Crippen LogP contribution < -0.4 is 16.4 Å². The van der Waals surface area contributed by atoms with Gasteiger partial charge in [0.2, 0.25) is 11.8 Å². The molecule has 0 radical (unpaired) electrons. The molecule has 0 saturated heterocycles. The molecule has 5 nitrogen and oxygen atoms in total. The van der Waals surface area contributed by atoms with E-state index >= 15 is 0 Å². The summed E-state index contributed by atoms with van der Waals surface area (Å²) in [6.07, 6.45) is 1.56. The molecule has 2 amide bonds.